The number of nitrogens with zero attached hydrogens (tertiary/aromatic N) is 1. The maximum absolute atomic E-state index is 5.77. The summed E-state index contributed by atoms with van der Waals surface area (Å²) in [7, 11) is 0. The van der Waals surface area contributed by atoms with Gasteiger partial charge in [0.05, 0.1) is 18.9 Å². The molecule has 27 heavy (non-hydrogen) atoms. The molecule has 0 bridgehead atoms. The lowest BCUT2D eigenvalue weighted by Gasteiger charge is -2.28. The van der Waals surface area contributed by atoms with Crippen LogP contribution < -0.4 is 15.4 Å². The minimum Gasteiger partial charge on any atom is -0.493 e. The third-order valence-electron chi connectivity index (χ3n) is 4.54. The Labute approximate surface area is 179 Å². The number of para-hydroxylation sites is 1. The quantitative estimate of drug-likeness (QED) is 0.248. The molecular formula is C21H30IN3O2. The van der Waals surface area contributed by atoms with Crippen molar-refractivity contribution >= 4 is 29.9 Å². The SMILES string of the molecule is CCCCCN=C(NCCc1ccco1)NC1CCOc2ccccc21.I. The van der Waals surface area contributed by atoms with E-state index >= 15 is 0 Å². The van der Waals surface area contributed by atoms with Crippen LogP contribution in [0.4, 0.5) is 0 Å². The first-order chi connectivity index (χ1) is 12.9. The molecule has 5 nitrogen and oxygen atoms in total. The zero-order valence-corrected chi connectivity index (χ0v) is 18.3. The van der Waals surface area contributed by atoms with Crippen LogP contribution in [0, 0.1) is 0 Å². The van der Waals surface area contributed by atoms with Crippen molar-refractivity contribution in [1.82, 2.24) is 10.6 Å². The van der Waals surface area contributed by atoms with E-state index < -0.39 is 0 Å². The molecule has 6 heteroatoms. The number of nitrogens with one attached hydrogen (secondary N) is 2. The van der Waals surface area contributed by atoms with E-state index in [-0.39, 0.29) is 30.0 Å². The van der Waals surface area contributed by atoms with Crippen molar-refractivity contribution in [2.24, 2.45) is 4.99 Å². The molecule has 1 aliphatic rings. The second-order valence-electron chi connectivity index (χ2n) is 6.57. The Morgan fingerprint density at radius 2 is 2.07 bits per heavy atom. The molecule has 2 heterocycles. The van der Waals surface area contributed by atoms with Gasteiger partial charge in [0.1, 0.15) is 11.5 Å². The number of fused-ring (bicyclic) bond motifs is 1. The molecule has 2 N–H and O–H groups in total. The number of hydrogen-bond donors (Lipinski definition) is 2. The molecule has 0 aliphatic carbocycles. The highest BCUT2D eigenvalue weighted by atomic mass is 127. The molecule has 148 valence electrons. The zero-order chi connectivity index (χ0) is 18.0. The molecule has 3 rings (SSSR count). The van der Waals surface area contributed by atoms with Crippen molar-refractivity contribution in [2.45, 2.75) is 45.1 Å². The molecule has 1 aromatic carbocycles. The minimum atomic E-state index is 0. The van der Waals surface area contributed by atoms with Gasteiger partial charge in [0.25, 0.3) is 0 Å². The molecule has 0 fully saturated rings. The Kier molecular flexibility index (Phi) is 9.52. The summed E-state index contributed by atoms with van der Waals surface area (Å²) >= 11 is 0. The fraction of sp³-hybridized carbons (Fsp3) is 0.476. The topological polar surface area (TPSA) is 58.8 Å². The summed E-state index contributed by atoms with van der Waals surface area (Å²) in [4.78, 5) is 4.77. The Morgan fingerprint density at radius 1 is 1.19 bits per heavy atom. The average molecular weight is 483 g/mol. The molecule has 1 unspecified atom stereocenters. The van der Waals surface area contributed by atoms with Crippen LogP contribution in [0.15, 0.2) is 52.1 Å². The van der Waals surface area contributed by atoms with E-state index in [0.717, 1.165) is 56.4 Å². The van der Waals surface area contributed by atoms with Crippen LogP contribution in [0.3, 0.4) is 0 Å². The van der Waals surface area contributed by atoms with Crippen LogP contribution in [0.1, 0.15) is 50.0 Å². The summed E-state index contributed by atoms with van der Waals surface area (Å²) in [5.74, 6) is 2.82. The average Bonchev–Trinajstić information content (AvgIpc) is 3.19. The Bertz CT molecular complexity index is 688. The van der Waals surface area contributed by atoms with Crippen molar-refractivity contribution in [2.75, 3.05) is 19.7 Å². The van der Waals surface area contributed by atoms with E-state index in [9.17, 15) is 0 Å². The second-order valence-corrected chi connectivity index (χ2v) is 6.57. The number of halogens is 1. The van der Waals surface area contributed by atoms with E-state index in [1.165, 1.54) is 18.4 Å². The molecule has 0 radical (unpaired) electrons. The summed E-state index contributed by atoms with van der Waals surface area (Å²) in [6.07, 6.45) is 7.02. The van der Waals surface area contributed by atoms with Crippen molar-refractivity contribution < 1.29 is 9.15 Å². The summed E-state index contributed by atoms with van der Waals surface area (Å²) < 4.78 is 11.2. The number of ether oxygens (including phenoxy) is 1. The lowest BCUT2D eigenvalue weighted by atomic mass is 10.0. The second kappa shape index (κ2) is 11.9. The van der Waals surface area contributed by atoms with Gasteiger partial charge in [0.15, 0.2) is 5.96 Å². The molecule has 1 atom stereocenters. The number of hydrogen-bond acceptors (Lipinski definition) is 3. The third-order valence-corrected chi connectivity index (χ3v) is 4.54. The molecular weight excluding hydrogens is 453 g/mol. The van der Waals surface area contributed by atoms with E-state index in [1.54, 1.807) is 6.26 Å². The van der Waals surface area contributed by atoms with E-state index in [4.69, 9.17) is 14.1 Å². The number of guanidine groups is 1. The molecule has 1 aromatic heterocycles. The van der Waals surface area contributed by atoms with Gasteiger partial charge in [0.2, 0.25) is 0 Å². The highest BCUT2D eigenvalue weighted by Crippen LogP contribution is 2.31. The van der Waals surface area contributed by atoms with Crippen LogP contribution >= 0.6 is 24.0 Å². The van der Waals surface area contributed by atoms with Gasteiger partial charge in [-0.2, -0.15) is 0 Å². The lowest BCUT2D eigenvalue weighted by molar-refractivity contribution is 0.261. The van der Waals surface area contributed by atoms with Gasteiger partial charge in [-0.3, -0.25) is 4.99 Å². The van der Waals surface area contributed by atoms with Crippen molar-refractivity contribution in [3.05, 3.63) is 54.0 Å². The number of rotatable bonds is 8. The standard InChI is InChI=1S/C21H29N3O2.HI/c1-2-3-6-13-22-21(23-14-11-17-8-7-15-25-17)24-19-12-16-26-20-10-5-4-9-18(19)20;/h4-5,7-10,15,19H,2-3,6,11-14,16H2,1H3,(H2,22,23,24);1H. The van der Waals surface area contributed by atoms with Crippen molar-refractivity contribution in [3.63, 3.8) is 0 Å². The lowest BCUT2D eigenvalue weighted by Crippen LogP contribution is -2.42. The van der Waals surface area contributed by atoms with Crippen LogP contribution in [0.2, 0.25) is 0 Å². The van der Waals surface area contributed by atoms with Crippen LogP contribution in [-0.2, 0) is 6.42 Å². The van der Waals surface area contributed by atoms with Gasteiger partial charge >= 0.3 is 0 Å². The number of furan rings is 1. The highest BCUT2D eigenvalue weighted by Gasteiger charge is 2.21. The maximum atomic E-state index is 5.77. The summed E-state index contributed by atoms with van der Waals surface area (Å²) in [6.45, 7) is 4.57. The normalized spacial score (nSPS) is 16.0. The summed E-state index contributed by atoms with van der Waals surface area (Å²) in [5.41, 5.74) is 1.20. The molecule has 0 saturated carbocycles. The van der Waals surface area contributed by atoms with Gasteiger partial charge in [-0.1, -0.05) is 38.0 Å². The maximum Gasteiger partial charge on any atom is 0.191 e. The smallest absolute Gasteiger partial charge is 0.191 e. The predicted octanol–water partition coefficient (Wildman–Crippen LogP) is 4.69. The van der Waals surface area contributed by atoms with Gasteiger partial charge in [-0.25, -0.2) is 0 Å². The number of benzene rings is 1. The van der Waals surface area contributed by atoms with Crippen LogP contribution in [0.25, 0.3) is 0 Å². The Balaban J connectivity index is 0.00000261. The number of aliphatic imine (C=N–C) groups is 1. The van der Waals surface area contributed by atoms with Crippen LogP contribution in [0.5, 0.6) is 5.75 Å². The van der Waals surface area contributed by atoms with Crippen LogP contribution in [-0.4, -0.2) is 25.7 Å². The van der Waals surface area contributed by atoms with Crippen molar-refractivity contribution in [3.8, 4) is 5.75 Å². The highest BCUT2D eigenvalue weighted by molar-refractivity contribution is 14.0. The van der Waals surface area contributed by atoms with Gasteiger partial charge in [-0.15, -0.1) is 24.0 Å². The fourth-order valence-electron chi connectivity index (χ4n) is 3.12. The van der Waals surface area contributed by atoms with Crippen molar-refractivity contribution in [1.29, 1.82) is 0 Å². The number of unbranched alkanes of at least 4 members (excludes halogenated alkanes) is 2. The molecule has 1 aliphatic heterocycles. The van der Waals surface area contributed by atoms with E-state index in [2.05, 4.69) is 29.7 Å². The molecule has 0 spiro atoms. The van der Waals surface area contributed by atoms with E-state index in [1.807, 2.05) is 24.3 Å². The monoisotopic (exact) mass is 483 g/mol. The largest absolute Gasteiger partial charge is 0.493 e. The first kappa shape index (κ1) is 21.6. The Hall–Kier alpha value is -1.70. The fourth-order valence-corrected chi connectivity index (χ4v) is 3.12. The first-order valence-electron chi connectivity index (χ1n) is 9.65. The van der Waals surface area contributed by atoms with Gasteiger partial charge in [-0.05, 0) is 24.6 Å². The molecule has 2 aromatic rings. The van der Waals surface area contributed by atoms with Gasteiger partial charge in [0, 0.05) is 31.5 Å². The minimum absolute atomic E-state index is 0. The summed E-state index contributed by atoms with van der Waals surface area (Å²) in [6, 6.07) is 12.4. The Morgan fingerprint density at radius 3 is 2.89 bits per heavy atom. The third kappa shape index (κ3) is 6.75. The first-order valence-corrected chi connectivity index (χ1v) is 9.65. The zero-order valence-electron chi connectivity index (χ0n) is 15.9. The molecule has 0 saturated heterocycles. The summed E-state index contributed by atoms with van der Waals surface area (Å²) in [5, 5.41) is 7.05. The van der Waals surface area contributed by atoms with E-state index in [0.29, 0.717) is 0 Å². The van der Waals surface area contributed by atoms with Gasteiger partial charge < -0.3 is 19.8 Å². The predicted molar refractivity (Wildman–Crippen MR) is 120 cm³/mol. The molecule has 0 amide bonds.